The summed E-state index contributed by atoms with van der Waals surface area (Å²) in [6.07, 6.45) is 1.38. The molecule has 0 saturated carbocycles. The molecule has 1 aliphatic heterocycles. The maximum Gasteiger partial charge on any atom is 0.243 e. The molecule has 0 amide bonds. The van der Waals surface area contributed by atoms with Crippen LogP contribution in [0.3, 0.4) is 0 Å². The van der Waals surface area contributed by atoms with Crippen LogP contribution >= 0.6 is 0 Å². The van der Waals surface area contributed by atoms with Crippen molar-refractivity contribution in [2.24, 2.45) is 0 Å². The van der Waals surface area contributed by atoms with Gasteiger partial charge in [-0.05, 0) is 55.1 Å². The molecule has 2 aliphatic rings. The van der Waals surface area contributed by atoms with Crippen LogP contribution in [0.5, 0.6) is 0 Å². The molecule has 1 aliphatic carbocycles. The monoisotopic (exact) mass is 435 g/mol. The zero-order valence-corrected chi connectivity index (χ0v) is 18.1. The molecule has 5 nitrogen and oxygen atoms in total. The van der Waals surface area contributed by atoms with E-state index < -0.39 is 26.6 Å². The van der Waals surface area contributed by atoms with Gasteiger partial charge in [-0.25, -0.2) is 21.9 Å². The molecule has 0 spiro atoms. The predicted molar refractivity (Wildman–Crippen MR) is 113 cm³/mol. The first-order chi connectivity index (χ1) is 14.3. The minimum absolute atomic E-state index is 0.0668. The van der Waals surface area contributed by atoms with Crippen LogP contribution in [-0.4, -0.2) is 52.6 Å². The van der Waals surface area contributed by atoms with Crippen molar-refractivity contribution in [3.05, 3.63) is 59.2 Å². The summed E-state index contributed by atoms with van der Waals surface area (Å²) in [5, 5.41) is 0. The Morgan fingerprint density at radius 3 is 2.50 bits per heavy atom. The number of anilines is 1. The zero-order valence-electron chi connectivity index (χ0n) is 17.2. The molecule has 1 N–H and O–H groups in total. The fraction of sp³-hybridized carbons (Fsp3) is 0.455. The summed E-state index contributed by atoms with van der Waals surface area (Å²) in [5.41, 5.74) is 3.56. The van der Waals surface area contributed by atoms with E-state index in [1.54, 1.807) is 0 Å². The average Bonchev–Trinajstić information content (AvgIpc) is 2.70. The van der Waals surface area contributed by atoms with Crippen LogP contribution in [0, 0.1) is 11.6 Å². The molecule has 0 aromatic heterocycles. The van der Waals surface area contributed by atoms with Crippen molar-refractivity contribution >= 4 is 15.7 Å². The van der Waals surface area contributed by atoms with Gasteiger partial charge < -0.3 is 9.80 Å². The summed E-state index contributed by atoms with van der Waals surface area (Å²) in [6, 6.07) is 8.46. The van der Waals surface area contributed by atoms with E-state index in [4.69, 9.17) is 0 Å². The maximum atomic E-state index is 14.1. The number of nitrogens with zero attached hydrogens (tertiary/aromatic N) is 2. The molecular formula is C22H27F2N3O2S. The second kappa shape index (κ2) is 8.24. The Balaban J connectivity index is 1.61. The molecule has 2 atom stereocenters. The highest BCUT2D eigenvalue weighted by atomic mass is 32.2. The fourth-order valence-corrected chi connectivity index (χ4v) is 5.96. The summed E-state index contributed by atoms with van der Waals surface area (Å²) < 4.78 is 55.6. The van der Waals surface area contributed by atoms with Gasteiger partial charge in [0.05, 0.1) is 0 Å². The van der Waals surface area contributed by atoms with Crippen LogP contribution in [0.25, 0.3) is 0 Å². The third-order valence-electron chi connectivity index (χ3n) is 6.29. The number of hydrogen-bond acceptors (Lipinski definition) is 4. The Labute approximate surface area is 176 Å². The number of aryl methyl sites for hydroxylation is 1. The van der Waals surface area contributed by atoms with E-state index in [2.05, 4.69) is 39.8 Å². The first kappa shape index (κ1) is 21.2. The van der Waals surface area contributed by atoms with E-state index in [9.17, 15) is 17.2 Å². The first-order valence-corrected chi connectivity index (χ1v) is 11.8. The molecule has 2 aromatic carbocycles. The van der Waals surface area contributed by atoms with Gasteiger partial charge in [0.25, 0.3) is 0 Å². The average molecular weight is 436 g/mol. The molecule has 1 heterocycles. The number of nitrogens with one attached hydrogen (secondary N) is 1. The summed E-state index contributed by atoms with van der Waals surface area (Å²) in [7, 11) is -1.99. The van der Waals surface area contributed by atoms with Gasteiger partial charge in [0.15, 0.2) is 0 Å². The molecule has 2 aromatic rings. The molecule has 8 heteroatoms. The normalized spacial score (nSPS) is 22.7. The van der Waals surface area contributed by atoms with Gasteiger partial charge in [-0.15, -0.1) is 0 Å². The molecule has 1 fully saturated rings. The summed E-state index contributed by atoms with van der Waals surface area (Å²) >= 11 is 0. The van der Waals surface area contributed by atoms with Crippen molar-refractivity contribution in [1.29, 1.82) is 0 Å². The lowest BCUT2D eigenvalue weighted by atomic mass is 9.79. The van der Waals surface area contributed by atoms with Gasteiger partial charge in [-0.3, -0.25) is 0 Å². The van der Waals surface area contributed by atoms with E-state index in [1.165, 1.54) is 11.1 Å². The lowest BCUT2D eigenvalue weighted by Crippen LogP contribution is -2.46. The largest absolute Gasteiger partial charge is 0.369 e. The predicted octanol–water partition coefficient (Wildman–Crippen LogP) is 3.11. The Morgan fingerprint density at radius 1 is 1.07 bits per heavy atom. The molecule has 0 bridgehead atoms. The topological polar surface area (TPSA) is 52.6 Å². The lowest BCUT2D eigenvalue weighted by Gasteiger charge is -2.39. The van der Waals surface area contributed by atoms with Crippen molar-refractivity contribution in [3.63, 3.8) is 0 Å². The quantitative estimate of drug-likeness (QED) is 0.802. The highest BCUT2D eigenvalue weighted by Gasteiger charge is 2.34. The fourth-order valence-electron chi connectivity index (χ4n) is 4.55. The van der Waals surface area contributed by atoms with Crippen LogP contribution in [0.1, 0.15) is 30.4 Å². The second-order valence-corrected chi connectivity index (χ2v) is 9.95. The number of likely N-dealkylation sites (N-methyl/N-ethyl adjacent to an activating group) is 1. The minimum Gasteiger partial charge on any atom is -0.369 e. The van der Waals surface area contributed by atoms with E-state index in [0.717, 1.165) is 50.4 Å². The van der Waals surface area contributed by atoms with Gasteiger partial charge in [0, 0.05) is 44.0 Å². The molecule has 4 rings (SSSR count). The third kappa shape index (κ3) is 4.08. The smallest absolute Gasteiger partial charge is 0.243 e. The van der Waals surface area contributed by atoms with Crippen LogP contribution < -0.4 is 9.62 Å². The Bertz CT molecular complexity index is 1040. The summed E-state index contributed by atoms with van der Waals surface area (Å²) in [6.45, 7) is 5.84. The minimum atomic E-state index is -4.10. The number of rotatable bonds is 4. The second-order valence-electron chi connectivity index (χ2n) is 8.27. The highest BCUT2D eigenvalue weighted by Crippen LogP contribution is 2.39. The molecule has 0 radical (unpaired) electrons. The van der Waals surface area contributed by atoms with Crippen molar-refractivity contribution in [2.45, 2.75) is 36.6 Å². The number of benzene rings is 2. The van der Waals surface area contributed by atoms with Crippen LogP contribution in [0.2, 0.25) is 0 Å². The summed E-state index contributed by atoms with van der Waals surface area (Å²) in [4.78, 5) is 4.14. The van der Waals surface area contributed by atoms with Crippen molar-refractivity contribution in [3.8, 4) is 0 Å². The molecule has 30 heavy (non-hydrogen) atoms. The lowest BCUT2D eigenvalue weighted by molar-refractivity contribution is 0.312. The van der Waals surface area contributed by atoms with Gasteiger partial charge in [-0.2, -0.15) is 0 Å². The van der Waals surface area contributed by atoms with Gasteiger partial charge in [0.1, 0.15) is 16.5 Å². The molecule has 1 saturated heterocycles. The van der Waals surface area contributed by atoms with E-state index in [0.29, 0.717) is 12.5 Å². The number of fused-ring (bicyclic) bond motifs is 1. The van der Waals surface area contributed by atoms with Crippen LogP contribution in [0.15, 0.2) is 41.3 Å². The SMILES string of the molecule is CC1c2c(cccc2N2CCN(C)CC2)CC[C@H]1NS(=O)(=O)c1ccc(F)cc1F. The Hall–Kier alpha value is -2.03. The number of piperazine rings is 1. The van der Waals surface area contributed by atoms with Crippen molar-refractivity contribution in [2.75, 3.05) is 38.1 Å². The van der Waals surface area contributed by atoms with Gasteiger partial charge in [-0.1, -0.05) is 19.1 Å². The van der Waals surface area contributed by atoms with E-state index in [-0.39, 0.29) is 12.0 Å². The third-order valence-corrected chi connectivity index (χ3v) is 7.81. The number of halogens is 2. The molecule has 1 unspecified atom stereocenters. The van der Waals surface area contributed by atoms with Crippen molar-refractivity contribution in [1.82, 2.24) is 9.62 Å². The van der Waals surface area contributed by atoms with E-state index >= 15 is 0 Å². The first-order valence-electron chi connectivity index (χ1n) is 10.3. The van der Waals surface area contributed by atoms with Crippen LogP contribution in [0.4, 0.5) is 14.5 Å². The van der Waals surface area contributed by atoms with Gasteiger partial charge in [0.2, 0.25) is 10.0 Å². The highest BCUT2D eigenvalue weighted by molar-refractivity contribution is 7.89. The molecular weight excluding hydrogens is 408 g/mol. The maximum absolute atomic E-state index is 14.1. The standard InChI is InChI=1S/C22H27F2N3O2S/c1-15-19(25-30(28,29)21-9-7-17(23)14-18(21)24)8-6-16-4-3-5-20(22(15)16)27-12-10-26(2)11-13-27/h3-5,7,9,14-15,19,25H,6,8,10-13H2,1-2H3/t15?,19-/m1/s1. The zero-order chi connectivity index (χ0) is 21.5. The van der Waals surface area contributed by atoms with Crippen molar-refractivity contribution < 1.29 is 17.2 Å². The van der Waals surface area contributed by atoms with Gasteiger partial charge >= 0.3 is 0 Å². The van der Waals surface area contributed by atoms with E-state index in [1.807, 2.05) is 6.92 Å². The summed E-state index contributed by atoms with van der Waals surface area (Å²) in [5.74, 6) is -1.95. The number of sulfonamides is 1. The molecule has 162 valence electrons. The number of hydrogen-bond donors (Lipinski definition) is 1. The Morgan fingerprint density at radius 2 is 1.80 bits per heavy atom. The van der Waals surface area contributed by atoms with Crippen LogP contribution in [-0.2, 0) is 16.4 Å². The Kier molecular flexibility index (Phi) is 5.83.